The summed E-state index contributed by atoms with van der Waals surface area (Å²) in [7, 11) is 1.58. The van der Waals surface area contributed by atoms with Crippen molar-refractivity contribution < 1.29 is 9.66 Å². The van der Waals surface area contributed by atoms with Crippen molar-refractivity contribution in [1.82, 2.24) is 14.5 Å². The van der Waals surface area contributed by atoms with Crippen molar-refractivity contribution in [3.63, 3.8) is 0 Å². The Morgan fingerprint density at radius 3 is 2.38 bits per heavy atom. The van der Waals surface area contributed by atoms with E-state index >= 15 is 0 Å². The number of nitrogens with zero attached hydrogens (tertiary/aromatic N) is 4. The van der Waals surface area contributed by atoms with Crippen LogP contribution in [0.25, 0.3) is 38.9 Å². The molecule has 0 saturated heterocycles. The third-order valence-corrected chi connectivity index (χ3v) is 5.29. The lowest BCUT2D eigenvalue weighted by Crippen LogP contribution is -2.22. The van der Waals surface area contributed by atoms with E-state index < -0.39 is 4.92 Å². The molecule has 156 valence electrons. The van der Waals surface area contributed by atoms with Gasteiger partial charge in [-0.3, -0.25) is 24.5 Å². The molecule has 8 heteroatoms. The summed E-state index contributed by atoms with van der Waals surface area (Å²) in [6.45, 7) is 0. The molecule has 2 aromatic heterocycles. The molecule has 0 saturated carbocycles. The van der Waals surface area contributed by atoms with Gasteiger partial charge >= 0.3 is 0 Å². The van der Waals surface area contributed by atoms with Crippen LogP contribution in [0.15, 0.2) is 83.8 Å². The zero-order valence-electron chi connectivity index (χ0n) is 16.9. The minimum Gasteiger partial charge on any atom is -0.497 e. The molecule has 0 amide bonds. The van der Waals surface area contributed by atoms with E-state index in [2.05, 4.69) is 4.98 Å². The van der Waals surface area contributed by atoms with Crippen LogP contribution >= 0.6 is 0 Å². The Kier molecular flexibility index (Phi) is 4.59. The van der Waals surface area contributed by atoms with Gasteiger partial charge in [0.2, 0.25) is 0 Å². The van der Waals surface area contributed by atoms with Crippen LogP contribution in [0, 0.1) is 10.1 Å². The molecule has 0 bridgehead atoms. The molecular formula is C24H16N4O4. The molecule has 5 aromatic rings. The lowest BCUT2D eigenvalue weighted by molar-refractivity contribution is -0.384. The van der Waals surface area contributed by atoms with Crippen molar-refractivity contribution in [3.05, 3.63) is 99.5 Å². The largest absolute Gasteiger partial charge is 0.497 e. The topological polar surface area (TPSA) is 100 Å². The molecule has 3 aromatic carbocycles. The second kappa shape index (κ2) is 7.59. The lowest BCUT2D eigenvalue weighted by Gasteiger charge is -2.15. The summed E-state index contributed by atoms with van der Waals surface area (Å²) in [6, 6.07) is 20.2. The predicted octanol–water partition coefficient (Wildman–Crippen LogP) is 4.52. The maximum absolute atomic E-state index is 13.7. The van der Waals surface area contributed by atoms with Gasteiger partial charge in [0.1, 0.15) is 11.6 Å². The molecule has 32 heavy (non-hydrogen) atoms. The summed E-state index contributed by atoms with van der Waals surface area (Å²) >= 11 is 0. The number of pyridine rings is 1. The fraction of sp³-hybridized carbons (Fsp3) is 0.0417. The third-order valence-electron chi connectivity index (χ3n) is 5.29. The van der Waals surface area contributed by atoms with Gasteiger partial charge in [-0.2, -0.15) is 0 Å². The van der Waals surface area contributed by atoms with Gasteiger partial charge in [0.15, 0.2) is 0 Å². The van der Waals surface area contributed by atoms with Gasteiger partial charge in [0.25, 0.3) is 11.2 Å². The second-order valence-corrected chi connectivity index (χ2v) is 7.11. The van der Waals surface area contributed by atoms with E-state index in [1.54, 1.807) is 55.8 Å². The molecule has 0 aliphatic heterocycles. The first kappa shape index (κ1) is 19.4. The van der Waals surface area contributed by atoms with Crippen LogP contribution in [0.4, 0.5) is 5.69 Å². The zero-order valence-corrected chi connectivity index (χ0v) is 16.9. The van der Waals surface area contributed by atoms with E-state index in [9.17, 15) is 14.9 Å². The normalized spacial score (nSPS) is 11.0. The standard InChI is InChI=1S/C24H16N4O4/c1-32-18-10-4-15(5-11-18)23-26-22-19-3-2-14-25-21(19)13-12-20(22)24(29)27(23)16-6-8-17(9-7-16)28(30)31/h2-14H,1H3. The highest BCUT2D eigenvalue weighted by molar-refractivity contribution is 6.03. The summed E-state index contributed by atoms with van der Waals surface area (Å²) in [5.41, 5.74) is 2.13. The number of methoxy groups -OCH3 is 1. The van der Waals surface area contributed by atoms with Crippen molar-refractivity contribution >= 4 is 27.5 Å². The lowest BCUT2D eigenvalue weighted by atomic mass is 10.1. The van der Waals surface area contributed by atoms with Crippen LogP contribution in [-0.2, 0) is 0 Å². The minimum absolute atomic E-state index is 0.0568. The maximum Gasteiger partial charge on any atom is 0.269 e. The number of nitro groups is 1. The highest BCUT2D eigenvalue weighted by Gasteiger charge is 2.17. The molecule has 8 nitrogen and oxygen atoms in total. The Labute approximate surface area is 181 Å². The van der Waals surface area contributed by atoms with Crippen molar-refractivity contribution in [2.24, 2.45) is 0 Å². The molecule has 0 N–H and O–H groups in total. The maximum atomic E-state index is 13.7. The average Bonchev–Trinajstić information content (AvgIpc) is 2.84. The molecule has 5 rings (SSSR count). The monoisotopic (exact) mass is 424 g/mol. The molecule has 0 aliphatic carbocycles. The van der Waals surface area contributed by atoms with Crippen molar-refractivity contribution in [2.75, 3.05) is 7.11 Å². The second-order valence-electron chi connectivity index (χ2n) is 7.11. The van der Waals surface area contributed by atoms with E-state index in [0.717, 1.165) is 10.9 Å². The van der Waals surface area contributed by atoms with Gasteiger partial charge in [0, 0.05) is 29.3 Å². The Morgan fingerprint density at radius 1 is 0.938 bits per heavy atom. The van der Waals surface area contributed by atoms with Crippen molar-refractivity contribution in [3.8, 4) is 22.8 Å². The minimum atomic E-state index is -0.477. The molecule has 2 heterocycles. The van der Waals surface area contributed by atoms with Crippen LogP contribution in [0.2, 0.25) is 0 Å². The summed E-state index contributed by atoms with van der Waals surface area (Å²) < 4.78 is 6.71. The fourth-order valence-corrected chi connectivity index (χ4v) is 3.70. The summed E-state index contributed by atoms with van der Waals surface area (Å²) in [6.07, 6.45) is 1.69. The number of hydrogen-bond acceptors (Lipinski definition) is 6. The SMILES string of the molecule is COc1ccc(-c2nc3c(ccc4ncccc43)c(=O)n2-c2ccc([N+](=O)[O-])cc2)cc1. The van der Waals surface area contributed by atoms with Crippen LogP contribution in [0.1, 0.15) is 0 Å². The third kappa shape index (κ3) is 3.14. The zero-order chi connectivity index (χ0) is 22.2. The van der Waals surface area contributed by atoms with E-state index in [-0.39, 0.29) is 11.2 Å². The molecule has 0 atom stereocenters. The number of non-ortho nitro benzene ring substituents is 1. The molecule has 0 aliphatic rings. The fourth-order valence-electron chi connectivity index (χ4n) is 3.70. The summed E-state index contributed by atoms with van der Waals surface area (Å²) in [5, 5.41) is 12.3. The number of rotatable bonds is 4. The number of ether oxygens (including phenoxy) is 1. The van der Waals surface area contributed by atoms with Gasteiger partial charge in [-0.25, -0.2) is 4.98 Å². The number of aromatic nitrogens is 3. The van der Waals surface area contributed by atoms with E-state index in [1.165, 1.54) is 16.7 Å². The van der Waals surface area contributed by atoms with Gasteiger partial charge in [0.05, 0.1) is 34.1 Å². The number of nitro benzene ring substituents is 1. The molecule has 0 radical (unpaired) electrons. The predicted molar refractivity (Wildman–Crippen MR) is 121 cm³/mol. The highest BCUT2D eigenvalue weighted by Crippen LogP contribution is 2.28. The highest BCUT2D eigenvalue weighted by atomic mass is 16.6. The summed E-state index contributed by atoms with van der Waals surface area (Å²) in [5.74, 6) is 1.09. The van der Waals surface area contributed by atoms with Gasteiger partial charge < -0.3 is 4.74 Å². The smallest absolute Gasteiger partial charge is 0.269 e. The molecule has 0 spiro atoms. The Balaban J connectivity index is 1.86. The average molecular weight is 424 g/mol. The Hall–Kier alpha value is -4.59. The van der Waals surface area contributed by atoms with Crippen LogP contribution in [0.3, 0.4) is 0 Å². The van der Waals surface area contributed by atoms with E-state index in [4.69, 9.17) is 9.72 Å². The molecule has 0 unspecified atom stereocenters. The van der Waals surface area contributed by atoms with Crippen LogP contribution in [0.5, 0.6) is 5.75 Å². The number of benzene rings is 3. The van der Waals surface area contributed by atoms with Crippen LogP contribution < -0.4 is 10.3 Å². The van der Waals surface area contributed by atoms with Gasteiger partial charge in [-0.1, -0.05) is 0 Å². The van der Waals surface area contributed by atoms with Gasteiger partial charge in [-0.05, 0) is 60.7 Å². The first-order valence-corrected chi connectivity index (χ1v) is 9.76. The first-order valence-electron chi connectivity index (χ1n) is 9.76. The van der Waals surface area contributed by atoms with Crippen molar-refractivity contribution in [2.45, 2.75) is 0 Å². The van der Waals surface area contributed by atoms with Crippen molar-refractivity contribution in [1.29, 1.82) is 0 Å². The number of hydrogen-bond donors (Lipinski definition) is 0. The molecule has 0 fully saturated rings. The quantitative estimate of drug-likeness (QED) is 0.239. The van der Waals surface area contributed by atoms with E-state index in [1.807, 2.05) is 18.2 Å². The number of fused-ring (bicyclic) bond motifs is 3. The Morgan fingerprint density at radius 2 is 1.69 bits per heavy atom. The van der Waals surface area contributed by atoms with E-state index in [0.29, 0.717) is 33.7 Å². The molecular weight excluding hydrogens is 408 g/mol. The summed E-state index contributed by atoms with van der Waals surface area (Å²) in [4.78, 5) is 33.5. The Bertz CT molecular complexity index is 1540. The van der Waals surface area contributed by atoms with Gasteiger partial charge in [-0.15, -0.1) is 0 Å². The first-order chi connectivity index (χ1) is 15.6. The van der Waals surface area contributed by atoms with Crippen LogP contribution in [-0.4, -0.2) is 26.6 Å².